The third kappa shape index (κ3) is 18.9. The van der Waals surface area contributed by atoms with Gasteiger partial charge in [-0.05, 0) is 35.9 Å². The van der Waals surface area contributed by atoms with Crippen molar-refractivity contribution in [1.29, 1.82) is 0 Å². The molecule has 0 rings (SSSR count). The number of hydrogen-bond donors (Lipinski definition) is 0. The average Bonchev–Trinajstić information content (AvgIpc) is 2.66. The summed E-state index contributed by atoms with van der Waals surface area (Å²) in [6.45, 7) is 15.7. The summed E-state index contributed by atoms with van der Waals surface area (Å²) in [6.07, 6.45) is 16.6. The van der Waals surface area contributed by atoms with Gasteiger partial charge < -0.3 is 9.16 Å². The van der Waals surface area contributed by atoms with Gasteiger partial charge in [0.15, 0.2) is 8.32 Å². The van der Waals surface area contributed by atoms with Gasteiger partial charge in [0.2, 0.25) is 0 Å². The number of methoxy groups -OCH3 is 1. The highest BCUT2D eigenvalue weighted by Crippen LogP contribution is 2.31. The normalized spacial score (nSPS) is 12.6. The maximum absolute atomic E-state index is 6.77. The first-order chi connectivity index (χ1) is 14.3. The van der Waals surface area contributed by atoms with E-state index in [-0.39, 0.29) is 0 Å². The molecule has 0 aromatic heterocycles. The summed E-state index contributed by atoms with van der Waals surface area (Å²) in [5, 5.41) is 0. The van der Waals surface area contributed by atoms with Crippen molar-refractivity contribution < 1.29 is 9.16 Å². The molecule has 182 valence electrons. The first kappa shape index (κ1) is 30.1. The van der Waals surface area contributed by atoms with Crippen molar-refractivity contribution in [2.75, 3.05) is 20.3 Å². The zero-order chi connectivity index (χ0) is 22.7. The topological polar surface area (TPSA) is 18.5 Å². The molecule has 2 nitrogen and oxygen atoms in total. The monoisotopic (exact) mass is 442 g/mol. The Labute approximate surface area is 192 Å². The molecule has 0 aliphatic carbocycles. The zero-order valence-electron chi connectivity index (χ0n) is 22.1. The van der Waals surface area contributed by atoms with Crippen LogP contribution >= 0.6 is 0 Å². The van der Waals surface area contributed by atoms with E-state index in [4.69, 9.17) is 9.16 Å². The van der Waals surface area contributed by atoms with Crippen molar-refractivity contribution in [3.05, 3.63) is 0 Å². The predicted octanol–water partition coefficient (Wildman–Crippen LogP) is 9.24. The Morgan fingerprint density at radius 2 is 0.867 bits per heavy atom. The Balaban J connectivity index is 4.73. The molecule has 0 bridgehead atoms. The molecule has 30 heavy (non-hydrogen) atoms. The molecule has 0 N–H and O–H groups in total. The Morgan fingerprint density at radius 1 is 0.500 bits per heavy atom. The van der Waals surface area contributed by atoms with Crippen LogP contribution in [-0.2, 0) is 9.16 Å². The van der Waals surface area contributed by atoms with Crippen LogP contribution in [0, 0.1) is 17.8 Å². The van der Waals surface area contributed by atoms with E-state index in [1.54, 1.807) is 7.11 Å². The number of unbranched alkanes of at least 4 members (excludes halogenated alkanes) is 6. The molecule has 0 unspecified atom stereocenters. The Morgan fingerprint density at radius 3 is 1.17 bits per heavy atom. The van der Waals surface area contributed by atoms with E-state index in [0.29, 0.717) is 0 Å². The second-order valence-electron chi connectivity index (χ2n) is 11.0. The van der Waals surface area contributed by atoms with Gasteiger partial charge >= 0.3 is 0 Å². The van der Waals surface area contributed by atoms with E-state index < -0.39 is 8.32 Å². The van der Waals surface area contributed by atoms with Crippen molar-refractivity contribution >= 4 is 8.32 Å². The molecule has 0 amide bonds. The maximum Gasteiger partial charge on any atom is 0.192 e. The molecule has 0 radical (unpaired) electrons. The van der Waals surface area contributed by atoms with Crippen LogP contribution in [0.4, 0.5) is 0 Å². The fourth-order valence-corrected chi connectivity index (χ4v) is 8.84. The lowest BCUT2D eigenvalue weighted by atomic mass is 10.1. The summed E-state index contributed by atoms with van der Waals surface area (Å²) < 4.78 is 12.1. The molecule has 3 heteroatoms. The number of ether oxygens (including phenoxy) is 1. The summed E-state index contributed by atoms with van der Waals surface area (Å²) in [5.74, 6) is 2.52. The van der Waals surface area contributed by atoms with E-state index in [1.165, 1.54) is 95.2 Å². The van der Waals surface area contributed by atoms with Crippen LogP contribution in [0.5, 0.6) is 0 Å². The minimum Gasteiger partial charge on any atom is -0.414 e. The van der Waals surface area contributed by atoms with Gasteiger partial charge in [0.25, 0.3) is 0 Å². The third-order valence-electron chi connectivity index (χ3n) is 6.44. The molecule has 0 saturated heterocycles. The smallest absolute Gasteiger partial charge is 0.192 e. The summed E-state index contributed by atoms with van der Waals surface area (Å²) in [4.78, 5) is 0. The van der Waals surface area contributed by atoms with Crippen LogP contribution in [-0.4, -0.2) is 28.6 Å². The molecule has 0 aliphatic heterocycles. The minimum atomic E-state index is -1.64. The van der Waals surface area contributed by atoms with Gasteiger partial charge in [0.05, 0.1) is 13.2 Å². The average molecular weight is 443 g/mol. The SMILES string of the molecule is COCCO[Si](CCCCCC(C)C)(CCCCCC(C)C)CCCCCC(C)C. The molecular weight excluding hydrogens is 384 g/mol. The Hall–Kier alpha value is 0.137. The molecule has 0 spiro atoms. The highest BCUT2D eigenvalue weighted by Gasteiger charge is 2.33. The van der Waals surface area contributed by atoms with Crippen LogP contribution in [0.15, 0.2) is 0 Å². The van der Waals surface area contributed by atoms with Crippen molar-refractivity contribution in [3.8, 4) is 0 Å². The van der Waals surface area contributed by atoms with E-state index >= 15 is 0 Å². The molecule has 0 atom stereocenters. The van der Waals surface area contributed by atoms with Crippen molar-refractivity contribution in [2.24, 2.45) is 17.8 Å². The summed E-state index contributed by atoms with van der Waals surface area (Å²) in [6, 6.07) is 4.13. The van der Waals surface area contributed by atoms with E-state index in [2.05, 4.69) is 41.5 Å². The van der Waals surface area contributed by atoms with Crippen LogP contribution in [0.3, 0.4) is 0 Å². The number of hydrogen-bond acceptors (Lipinski definition) is 2. The van der Waals surface area contributed by atoms with E-state index in [9.17, 15) is 0 Å². The molecule has 0 heterocycles. The van der Waals surface area contributed by atoms with Gasteiger partial charge in [-0.15, -0.1) is 0 Å². The largest absolute Gasteiger partial charge is 0.414 e. The van der Waals surface area contributed by atoms with Gasteiger partial charge in [-0.2, -0.15) is 0 Å². The molecule has 0 aromatic carbocycles. The van der Waals surface area contributed by atoms with Crippen LogP contribution in [0.2, 0.25) is 18.1 Å². The summed E-state index contributed by atoms with van der Waals surface area (Å²) in [5.41, 5.74) is 0. The Kier molecular flexibility index (Phi) is 19.9. The van der Waals surface area contributed by atoms with Gasteiger partial charge in [-0.25, -0.2) is 0 Å². The second kappa shape index (κ2) is 19.8. The van der Waals surface area contributed by atoms with Crippen molar-refractivity contribution in [1.82, 2.24) is 0 Å². The first-order valence-corrected chi connectivity index (χ1v) is 16.0. The quantitative estimate of drug-likeness (QED) is 0.123. The van der Waals surface area contributed by atoms with Gasteiger partial charge in [0, 0.05) is 7.11 Å². The molecule has 0 saturated carbocycles. The fraction of sp³-hybridized carbons (Fsp3) is 1.00. The predicted molar refractivity (Wildman–Crippen MR) is 138 cm³/mol. The zero-order valence-corrected chi connectivity index (χ0v) is 23.1. The maximum atomic E-state index is 6.77. The minimum absolute atomic E-state index is 0.753. The molecule has 0 fully saturated rings. The van der Waals surface area contributed by atoms with Crippen LogP contribution in [0.1, 0.15) is 119 Å². The van der Waals surface area contributed by atoms with Crippen LogP contribution < -0.4 is 0 Å². The van der Waals surface area contributed by atoms with Gasteiger partial charge in [0.1, 0.15) is 0 Å². The molecule has 0 aromatic rings. The lowest BCUT2D eigenvalue weighted by molar-refractivity contribution is 0.140. The highest BCUT2D eigenvalue weighted by molar-refractivity contribution is 6.73. The van der Waals surface area contributed by atoms with E-state index in [1.807, 2.05) is 0 Å². The third-order valence-corrected chi connectivity index (χ3v) is 11.0. The van der Waals surface area contributed by atoms with Gasteiger partial charge in [-0.1, -0.05) is 119 Å². The number of rotatable bonds is 22. The second-order valence-corrected chi connectivity index (χ2v) is 15.2. The summed E-state index contributed by atoms with van der Waals surface area (Å²) in [7, 11) is 0.158. The highest BCUT2D eigenvalue weighted by atomic mass is 28.4. The standard InChI is InChI=1S/C27H58O2Si/c1-25(2)17-11-8-14-22-30(29-21-20-28-7,23-15-9-12-18-26(3)4)24-16-10-13-19-27(5)6/h25-27H,8-24H2,1-7H3. The fourth-order valence-electron chi connectivity index (χ4n) is 4.46. The lowest BCUT2D eigenvalue weighted by Crippen LogP contribution is -2.39. The van der Waals surface area contributed by atoms with E-state index in [0.717, 1.165) is 31.0 Å². The summed E-state index contributed by atoms with van der Waals surface area (Å²) >= 11 is 0. The molecule has 0 aliphatic rings. The van der Waals surface area contributed by atoms with Gasteiger partial charge in [-0.3, -0.25) is 0 Å². The Bertz CT molecular complexity index is 309. The van der Waals surface area contributed by atoms with Crippen LogP contribution in [0.25, 0.3) is 0 Å². The molecular formula is C27H58O2Si. The first-order valence-electron chi connectivity index (χ1n) is 13.4. The lowest BCUT2D eigenvalue weighted by Gasteiger charge is -2.32. The van der Waals surface area contributed by atoms with Crippen molar-refractivity contribution in [2.45, 2.75) is 137 Å². The van der Waals surface area contributed by atoms with Crippen molar-refractivity contribution in [3.63, 3.8) is 0 Å².